The number of carbonyl (C=O) groups excluding carboxylic acids is 2. The Bertz CT molecular complexity index is 1730. The van der Waals surface area contributed by atoms with E-state index in [2.05, 4.69) is 10.6 Å². The van der Waals surface area contributed by atoms with E-state index in [0.29, 0.717) is 12.1 Å². The lowest BCUT2D eigenvalue weighted by Gasteiger charge is -2.19. The number of rotatable bonds is 3. The highest BCUT2D eigenvalue weighted by Gasteiger charge is 2.37. The summed E-state index contributed by atoms with van der Waals surface area (Å²) in [6.07, 6.45) is -3.48. The Kier molecular flexibility index (Phi) is 5.98. The third kappa shape index (κ3) is 4.28. The van der Waals surface area contributed by atoms with Crippen LogP contribution in [-0.2, 0) is 13.2 Å². The smallest absolute Gasteiger partial charge is 0.341 e. The summed E-state index contributed by atoms with van der Waals surface area (Å²) in [5, 5.41) is 5.42. The van der Waals surface area contributed by atoms with E-state index in [1.807, 2.05) is 0 Å². The predicted molar refractivity (Wildman–Crippen MR) is 129 cm³/mol. The molecule has 194 valence electrons. The number of fused-ring (bicyclic) bond motifs is 3. The van der Waals surface area contributed by atoms with Crippen molar-refractivity contribution >= 4 is 39.9 Å². The fourth-order valence-electron chi connectivity index (χ4n) is 4.48. The van der Waals surface area contributed by atoms with Gasteiger partial charge in [-0.1, -0.05) is 11.6 Å². The van der Waals surface area contributed by atoms with Gasteiger partial charge in [-0.05, 0) is 48.5 Å². The van der Waals surface area contributed by atoms with Crippen molar-refractivity contribution in [2.24, 2.45) is 7.05 Å². The van der Waals surface area contributed by atoms with Gasteiger partial charge in [0.2, 0.25) is 0 Å². The largest absolute Gasteiger partial charge is 0.416 e. The molecule has 0 aliphatic carbocycles. The number of benzene rings is 3. The molecule has 1 aliphatic heterocycles. The number of amides is 2. The maximum Gasteiger partial charge on any atom is 0.416 e. The molecule has 1 atom stereocenters. The topological polar surface area (TPSA) is 80.2 Å². The van der Waals surface area contributed by atoms with Crippen molar-refractivity contribution < 1.29 is 31.5 Å². The molecular weight excluding hydrogens is 533 g/mol. The molecule has 3 aromatic carbocycles. The first kappa shape index (κ1) is 25.4. The lowest BCUT2D eigenvalue weighted by molar-refractivity contribution is -0.137. The number of carbonyl (C=O) groups is 2. The Hall–Kier alpha value is -4.25. The first-order valence-corrected chi connectivity index (χ1v) is 11.3. The summed E-state index contributed by atoms with van der Waals surface area (Å²) in [6, 6.07) is 6.51. The third-order valence-electron chi connectivity index (χ3n) is 6.22. The number of anilines is 1. The van der Waals surface area contributed by atoms with Gasteiger partial charge in [0.25, 0.3) is 17.4 Å². The van der Waals surface area contributed by atoms with Gasteiger partial charge in [0.05, 0.1) is 22.6 Å². The third-order valence-corrected chi connectivity index (χ3v) is 6.56. The van der Waals surface area contributed by atoms with Crippen LogP contribution in [0.3, 0.4) is 0 Å². The van der Waals surface area contributed by atoms with Gasteiger partial charge in [-0.3, -0.25) is 14.4 Å². The van der Waals surface area contributed by atoms with Crippen LogP contribution >= 0.6 is 11.6 Å². The van der Waals surface area contributed by atoms with Gasteiger partial charge < -0.3 is 15.2 Å². The Morgan fingerprint density at radius 3 is 2.45 bits per heavy atom. The average Bonchev–Trinajstić information content (AvgIpc) is 3.19. The van der Waals surface area contributed by atoms with E-state index in [0.717, 1.165) is 12.1 Å². The maximum absolute atomic E-state index is 14.1. The van der Waals surface area contributed by atoms with E-state index >= 15 is 0 Å². The highest BCUT2D eigenvalue weighted by atomic mass is 35.5. The van der Waals surface area contributed by atoms with Crippen LogP contribution in [0.5, 0.6) is 0 Å². The summed E-state index contributed by atoms with van der Waals surface area (Å²) in [5.41, 5.74) is -2.41. The molecule has 2 heterocycles. The molecule has 0 radical (unpaired) electrons. The number of nitrogens with one attached hydrogen (secondary N) is 2. The standard InChI is InChI=1S/C26H15ClF5N3O3/c1-35-5-4-15-16(25(35)38)10-19(33-23(36)11-6-12(26(30,31)32)8-14(29)7-11)21-20(15)24(37)34-22(21)17-9-13(28)2-3-18(17)27/h2-10,22H,1H3,(H,33,36)(H,34,37). The Morgan fingerprint density at radius 1 is 1.00 bits per heavy atom. The molecule has 1 aromatic heterocycles. The number of nitrogens with zero attached hydrogens (tertiary/aromatic N) is 1. The van der Waals surface area contributed by atoms with Gasteiger partial charge in [-0.2, -0.15) is 13.2 Å². The molecule has 0 saturated carbocycles. The van der Waals surface area contributed by atoms with E-state index in [1.54, 1.807) is 0 Å². The number of aromatic nitrogens is 1. The minimum atomic E-state index is -4.91. The van der Waals surface area contributed by atoms with Gasteiger partial charge in [0.1, 0.15) is 11.6 Å². The van der Waals surface area contributed by atoms with Gasteiger partial charge in [0.15, 0.2) is 0 Å². The zero-order valence-electron chi connectivity index (χ0n) is 19.2. The Labute approximate surface area is 215 Å². The lowest BCUT2D eigenvalue weighted by Crippen LogP contribution is -2.21. The van der Waals surface area contributed by atoms with Crippen molar-refractivity contribution in [3.8, 4) is 0 Å². The second-order valence-corrected chi connectivity index (χ2v) is 9.07. The number of hydrogen-bond acceptors (Lipinski definition) is 3. The van der Waals surface area contributed by atoms with Gasteiger partial charge in [-0.15, -0.1) is 0 Å². The fraction of sp³-hybridized carbons (Fsp3) is 0.115. The molecule has 1 aliphatic rings. The fourth-order valence-corrected chi connectivity index (χ4v) is 4.71. The molecule has 2 amide bonds. The second kappa shape index (κ2) is 8.95. The van der Waals surface area contributed by atoms with Crippen LogP contribution in [-0.4, -0.2) is 16.4 Å². The van der Waals surface area contributed by atoms with Crippen molar-refractivity contribution in [3.05, 3.63) is 110 Å². The minimum absolute atomic E-state index is 0.00366. The number of alkyl halides is 3. The highest BCUT2D eigenvalue weighted by molar-refractivity contribution is 6.31. The molecule has 0 saturated heterocycles. The van der Waals surface area contributed by atoms with Gasteiger partial charge in [0, 0.05) is 46.0 Å². The van der Waals surface area contributed by atoms with Crippen molar-refractivity contribution in [2.75, 3.05) is 5.32 Å². The van der Waals surface area contributed by atoms with E-state index in [1.165, 1.54) is 36.0 Å². The van der Waals surface area contributed by atoms with Crippen molar-refractivity contribution in [3.63, 3.8) is 0 Å². The summed E-state index contributed by atoms with van der Waals surface area (Å²) in [4.78, 5) is 39.0. The highest BCUT2D eigenvalue weighted by Crippen LogP contribution is 2.42. The molecule has 6 nitrogen and oxygen atoms in total. The van der Waals surface area contributed by atoms with E-state index < -0.39 is 52.4 Å². The summed E-state index contributed by atoms with van der Waals surface area (Å²) >= 11 is 6.28. The van der Waals surface area contributed by atoms with E-state index in [9.17, 15) is 36.3 Å². The van der Waals surface area contributed by atoms with Crippen LogP contribution in [0.1, 0.15) is 43.4 Å². The summed E-state index contributed by atoms with van der Waals surface area (Å²) in [6.45, 7) is 0. The summed E-state index contributed by atoms with van der Waals surface area (Å²) < 4.78 is 68.9. The van der Waals surface area contributed by atoms with Gasteiger partial charge in [-0.25, -0.2) is 8.78 Å². The predicted octanol–water partition coefficient (Wildman–Crippen LogP) is 5.57. The Morgan fingerprint density at radius 2 is 1.74 bits per heavy atom. The molecule has 0 fully saturated rings. The van der Waals surface area contributed by atoms with Crippen LogP contribution in [0.2, 0.25) is 5.02 Å². The molecule has 2 N–H and O–H groups in total. The number of hydrogen-bond donors (Lipinski definition) is 2. The number of aryl methyl sites for hydroxylation is 1. The zero-order valence-corrected chi connectivity index (χ0v) is 20.0. The molecule has 12 heteroatoms. The number of pyridine rings is 1. The summed E-state index contributed by atoms with van der Waals surface area (Å²) in [5.74, 6) is -3.73. The molecule has 0 bridgehead atoms. The Balaban J connectivity index is 1.73. The SMILES string of the molecule is Cn1ccc2c3c(c(NC(=O)c4cc(F)cc(C(F)(F)F)c4)cc2c1=O)C(c1cc(F)ccc1Cl)NC3=O. The van der Waals surface area contributed by atoms with Crippen LogP contribution in [0.4, 0.5) is 27.6 Å². The first-order chi connectivity index (χ1) is 17.8. The molecule has 4 aromatic rings. The van der Waals surface area contributed by atoms with Crippen molar-refractivity contribution in [2.45, 2.75) is 12.2 Å². The monoisotopic (exact) mass is 547 g/mol. The molecule has 38 heavy (non-hydrogen) atoms. The van der Waals surface area contributed by atoms with E-state index in [4.69, 9.17) is 11.6 Å². The van der Waals surface area contributed by atoms with E-state index in [-0.39, 0.29) is 44.2 Å². The van der Waals surface area contributed by atoms with Crippen LogP contribution in [0.25, 0.3) is 10.8 Å². The van der Waals surface area contributed by atoms with Crippen molar-refractivity contribution in [1.29, 1.82) is 0 Å². The summed E-state index contributed by atoms with van der Waals surface area (Å²) in [7, 11) is 1.47. The molecule has 1 unspecified atom stereocenters. The van der Waals surface area contributed by atoms with Gasteiger partial charge >= 0.3 is 6.18 Å². The van der Waals surface area contributed by atoms with Crippen LogP contribution in [0.15, 0.2) is 59.5 Å². The molecular formula is C26H15ClF5N3O3. The van der Waals surface area contributed by atoms with Crippen LogP contribution < -0.4 is 16.2 Å². The van der Waals surface area contributed by atoms with Crippen LogP contribution in [0, 0.1) is 11.6 Å². The second-order valence-electron chi connectivity index (χ2n) is 8.66. The average molecular weight is 548 g/mol. The normalized spacial score (nSPS) is 14.9. The maximum atomic E-state index is 14.1. The zero-order chi connectivity index (χ0) is 27.5. The molecule has 0 spiro atoms. The number of halogens is 6. The lowest BCUT2D eigenvalue weighted by atomic mass is 9.92. The van der Waals surface area contributed by atoms with Crippen molar-refractivity contribution in [1.82, 2.24) is 9.88 Å². The quantitative estimate of drug-likeness (QED) is 0.329. The minimum Gasteiger partial charge on any atom is -0.341 e. The molecule has 5 rings (SSSR count). The first-order valence-electron chi connectivity index (χ1n) is 11.0.